The fourth-order valence-electron chi connectivity index (χ4n) is 1.30. The zero-order valence-electron chi connectivity index (χ0n) is 11.2. The molecular weight excluding hydrogens is 251 g/mol. The van der Waals surface area contributed by atoms with Crippen LogP contribution in [0.5, 0.6) is 0 Å². The van der Waals surface area contributed by atoms with Crippen molar-refractivity contribution in [2.45, 2.75) is 11.2 Å². The SMILES string of the molecule is COC(OC)c1cc(SC)c(C#N)c(=O)[nH]1.[H-].[Na+]. The normalized spacial score (nSPS) is 9.82. The van der Waals surface area contributed by atoms with Crippen LogP contribution >= 0.6 is 11.8 Å². The number of aromatic nitrogens is 1. The molecule has 0 fully saturated rings. The number of pyridine rings is 1. The minimum absolute atomic E-state index is 0. The molecule has 1 rings (SSSR count). The molecule has 0 radical (unpaired) electrons. The second-order valence-electron chi connectivity index (χ2n) is 2.91. The smallest absolute Gasteiger partial charge is 1.00 e. The van der Waals surface area contributed by atoms with Gasteiger partial charge in [-0.15, -0.1) is 11.8 Å². The summed E-state index contributed by atoms with van der Waals surface area (Å²) in [6.07, 6.45) is 1.17. The van der Waals surface area contributed by atoms with E-state index in [0.717, 1.165) is 0 Å². The van der Waals surface area contributed by atoms with E-state index in [-0.39, 0.29) is 36.5 Å². The Hall–Kier alpha value is -0.290. The van der Waals surface area contributed by atoms with E-state index in [9.17, 15) is 4.79 Å². The Morgan fingerprint density at radius 1 is 1.53 bits per heavy atom. The maximum atomic E-state index is 11.6. The van der Waals surface area contributed by atoms with Gasteiger partial charge in [0.1, 0.15) is 11.6 Å². The van der Waals surface area contributed by atoms with Crippen LogP contribution < -0.4 is 35.1 Å². The third kappa shape index (κ3) is 3.85. The van der Waals surface area contributed by atoms with Crippen LogP contribution in [0.3, 0.4) is 0 Å². The molecule has 5 nitrogen and oxygen atoms in total. The number of H-pyrrole nitrogens is 1. The Balaban J connectivity index is 0. The minimum atomic E-state index is -0.633. The number of hydrogen-bond acceptors (Lipinski definition) is 5. The molecule has 1 N–H and O–H groups in total. The molecule has 0 unspecified atom stereocenters. The zero-order valence-corrected chi connectivity index (χ0v) is 13.1. The van der Waals surface area contributed by atoms with Crippen molar-refractivity contribution in [3.05, 3.63) is 27.7 Å². The van der Waals surface area contributed by atoms with Crippen LogP contribution in [0.4, 0.5) is 0 Å². The molecule has 1 aromatic rings. The first-order valence-corrected chi connectivity index (χ1v) is 5.67. The molecule has 0 aromatic carbocycles. The quantitative estimate of drug-likeness (QED) is 0.402. The summed E-state index contributed by atoms with van der Waals surface area (Å²) >= 11 is 1.33. The van der Waals surface area contributed by atoms with E-state index in [2.05, 4.69) is 4.98 Å². The van der Waals surface area contributed by atoms with E-state index in [1.807, 2.05) is 6.07 Å². The predicted octanol–water partition coefficient (Wildman–Crippen LogP) is -1.62. The molecule has 0 saturated carbocycles. The van der Waals surface area contributed by atoms with Crippen molar-refractivity contribution in [1.29, 1.82) is 5.26 Å². The van der Waals surface area contributed by atoms with Gasteiger partial charge in [-0.2, -0.15) is 5.26 Å². The maximum Gasteiger partial charge on any atom is 1.00 e. The summed E-state index contributed by atoms with van der Waals surface area (Å²) in [6.45, 7) is 0. The molecule has 0 bridgehead atoms. The van der Waals surface area contributed by atoms with Crippen molar-refractivity contribution < 1.29 is 40.5 Å². The monoisotopic (exact) mass is 264 g/mol. The van der Waals surface area contributed by atoms with Crippen LogP contribution in [-0.2, 0) is 9.47 Å². The first-order valence-electron chi connectivity index (χ1n) is 4.44. The number of nitrogens with one attached hydrogen (secondary N) is 1. The number of thioether (sulfide) groups is 1. The fraction of sp³-hybridized carbons (Fsp3) is 0.400. The molecule has 17 heavy (non-hydrogen) atoms. The average Bonchev–Trinajstić information content (AvgIpc) is 2.29. The average molecular weight is 264 g/mol. The molecule has 0 aliphatic heterocycles. The number of nitriles is 1. The summed E-state index contributed by atoms with van der Waals surface area (Å²) in [5, 5.41) is 8.83. The predicted molar refractivity (Wildman–Crippen MR) is 61.4 cm³/mol. The molecule has 0 atom stereocenters. The second-order valence-corrected chi connectivity index (χ2v) is 3.76. The van der Waals surface area contributed by atoms with Gasteiger partial charge in [0.25, 0.3) is 5.56 Å². The molecule has 88 valence electrons. The molecule has 0 amide bonds. The van der Waals surface area contributed by atoms with Crippen molar-refractivity contribution in [1.82, 2.24) is 4.98 Å². The number of ether oxygens (including phenoxy) is 2. The largest absolute Gasteiger partial charge is 1.00 e. The van der Waals surface area contributed by atoms with E-state index < -0.39 is 11.8 Å². The van der Waals surface area contributed by atoms with Crippen LogP contribution in [-0.4, -0.2) is 25.5 Å². The molecule has 0 spiro atoms. The molecule has 0 saturated heterocycles. The third-order valence-corrected chi connectivity index (χ3v) is 2.79. The first kappa shape index (κ1) is 16.7. The van der Waals surface area contributed by atoms with Crippen LogP contribution in [0.2, 0.25) is 0 Å². The summed E-state index contributed by atoms with van der Waals surface area (Å²) in [7, 11) is 2.95. The van der Waals surface area contributed by atoms with Crippen LogP contribution in [0.15, 0.2) is 15.8 Å². The number of nitrogens with zero attached hydrogens (tertiary/aromatic N) is 1. The number of hydrogen-bond donors (Lipinski definition) is 1. The van der Waals surface area contributed by atoms with E-state index in [1.54, 1.807) is 12.3 Å². The summed E-state index contributed by atoms with van der Waals surface area (Å²) in [5.74, 6) is 0. The molecule has 0 aliphatic rings. The van der Waals surface area contributed by atoms with E-state index in [0.29, 0.717) is 10.6 Å². The summed E-state index contributed by atoms with van der Waals surface area (Å²) in [4.78, 5) is 14.8. The summed E-state index contributed by atoms with van der Waals surface area (Å²) in [6, 6.07) is 3.55. The van der Waals surface area contributed by atoms with Crippen molar-refractivity contribution in [3.63, 3.8) is 0 Å². The Kier molecular flexibility index (Phi) is 7.79. The van der Waals surface area contributed by atoms with Gasteiger partial charge in [0, 0.05) is 19.1 Å². The maximum absolute atomic E-state index is 11.6. The second kappa shape index (κ2) is 7.93. The number of rotatable bonds is 4. The van der Waals surface area contributed by atoms with Crippen LogP contribution in [0, 0.1) is 11.3 Å². The number of methoxy groups -OCH3 is 2. The fourth-order valence-corrected chi connectivity index (χ4v) is 1.89. The molecule has 1 heterocycles. The summed E-state index contributed by atoms with van der Waals surface area (Å²) in [5.41, 5.74) is 0.184. The summed E-state index contributed by atoms with van der Waals surface area (Å²) < 4.78 is 10.1. The van der Waals surface area contributed by atoms with Gasteiger partial charge < -0.3 is 15.9 Å². The topological polar surface area (TPSA) is 75.1 Å². The van der Waals surface area contributed by atoms with Gasteiger partial charge in [-0.1, -0.05) is 0 Å². The number of aromatic amines is 1. The van der Waals surface area contributed by atoms with Gasteiger partial charge in [0.05, 0.1) is 5.69 Å². The first-order chi connectivity index (χ1) is 7.67. The van der Waals surface area contributed by atoms with E-state index >= 15 is 0 Å². The van der Waals surface area contributed by atoms with Crippen LogP contribution in [0.25, 0.3) is 0 Å². The molecule has 1 aromatic heterocycles. The van der Waals surface area contributed by atoms with Crippen molar-refractivity contribution in [2.24, 2.45) is 0 Å². The van der Waals surface area contributed by atoms with E-state index in [4.69, 9.17) is 14.7 Å². The van der Waals surface area contributed by atoms with Gasteiger partial charge in [-0.05, 0) is 12.3 Å². The van der Waals surface area contributed by atoms with Gasteiger partial charge >= 0.3 is 29.6 Å². The van der Waals surface area contributed by atoms with Gasteiger partial charge in [0.2, 0.25) is 0 Å². The zero-order chi connectivity index (χ0) is 12.1. The molecule has 7 heteroatoms. The van der Waals surface area contributed by atoms with E-state index in [1.165, 1.54) is 26.0 Å². The Bertz CT molecular complexity index is 471. The molecular formula is C10H13N2NaO3S. The Labute approximate surface area is 127 Å². The standard InChI is InChI=1S/C10H12N2O3S.Na.H/c1-14-10(15-2)7-4-8(16-3)6(5-11)9(13)12-7;;/h4,10H,1-3H3,(H,12,13);;/q;+1;-1. The van der Waals surface area contributed by atoms with Crippen molar-refractivity contribution >= 4 is 11.8 Å². The van der Waals surface area contributed by atoms with Crippen molar-refractivity contribution in [2.75, 3.05) is 20.5 Å². The van der Waals surface area contributed by atoms with Crippen molar-refractivity contribution in [3.8, 4) is 6.07 Å². The third-order valence-electron chi connectivity index (χ3n) is 2.03. The van der Waals surface area contributed by atoms with Crippen LogP contribution in [0.1, 0.15) is 19.0 Å². The van der Waals surface area contributed by atoms with Gasteiger partial charge in [-0.25, -0.2) is 0 Å². The molecule has 0 aliphatic carbocycles. The minimum Gasteiger partial charge on any atom is -1.00 e. The van der Waals surface area contributed by atoms with Gasteiger partial charge in [-0.3, -0.25) is 4.79 Å². The Morgan fingerprint density at radius 2 is 2.12 bits per heavy atom. The van der Waals surface area contributed by atoms with Gasteiger partial charge in [0.15, 0.2) is 6.29 Å². The Morgan fingerprint density at radius 3 is 2.53 bits per heavy atom.